The molecule has 1 atom stereocenters. The van der Waals surface area contributed by atoms with E-state index in [1.807, 2.05) is 23.1 Å². The van der Waals surface area contributed by atoms with Gasteiger partial charge in [0.25, 0.3) is 0 Å². The molecule has 28 heavy (non-hydrogen) atoms. The molecule has 8 nitrogen and oxygen atoms in total. The second-order valence-electron chi connectivity index (χ2n) is 7.47. The van der Waals surface area contributed by atoms with Crippen molar-refractivity contribution in [3.63, 3.8) is 0 Å². The molecule has 2 aromatic rings. The van der Waals surface area contributed by atoms with Crippen LogP contribution in [0.15, 0.2) is 36.8 Å². The Balaban J connectivity index is 1.32. The van der Waals surface area contributed by atoms with Crippen LogP contribution >= 0.6 is 0 Å². The van der Waals surface area contributed by atoms with E-state index in [0.29, 0.717) is 38.5 Å². The molecule has 146 valence electrons. The van der Waals surface area contributed by atoms with Crippen LogP contribution in [0.1, 0.15) is 36.4 Å². The van der Waals surface area contributed by atoms with Gasteiger partial charge in [0, 0.05) is 62.8 Å². The van der Waals surface area contributed by atoms with E-state index < -0.39 is 0 Å². The van der Waals surface area contributed by atoms with Gasteiger partial charge in [0.1, 0.15) is 0 Å². The zero-order chi connectivity index (χ0) is 19.5. The van der Waals surface area contributed by atoms with Crippen molar-refractivity contribution in [1.29, 1.82) is 0 Å². The first-order chi connectivity index (χ1) is 13.6. The van der Waals surface area contributed by atoms with Gasteiger partial charge < -0.3 is 15.5 Å². The smallest absolute Gasteiger partial charge is 0.227 e. The van der Waals surface area contributed by atoms with Crippen LogP contribution in [0.5, 0.6) is 0 Å². The zero-order valence-corrected chi connectivity index (χ0v) is 15.7. The van der Waals surface area contributed by atoms with Gasteiger partial charge in [0.15, 0.2) is 0 Å². The third-order valence-electron chi connectivity index (χ3n) is 5.61. The van der Waals surface area contributed by atoms with Crippen LogP contribution in [0.4, 0.5) is 5.95 Å². The normalized spacial score (nSPS) is 20.6. The minimum atomic E-state index is -0.249. The Morgan fingerprint density at radius 2 is 1.89 bits per heavy atom. The summed E-state index contributed by atoms with van der Waals surface area (Å²) < 4.78 is 0. The second-order valence-corrected chi connectivity index (χ2v) is 7.47. The summed E-state index contributed by atoms with van der Waals surface area (Å²) in [5.74, 6) is 0.464. The molecule has 0 saturated carbocycles. The van der Waals surface area contributed by atoms with Gasteiger partial charge in [-0.25, -0.2) is 9.97 Å². The molecular formula is C20H24N6O2. The van der Waals surface area contributed by atoms with Gasteiger partial charge in [0.05, 0.1) is 5.92 Å². The molecule has 2 saturated heterocycles. The van der Waals surface area contributed by atoms with Gasteiger partial charge in [-0.3, -0.25) is 14.6 Å². The highest BCUT2D eigenvalue weighted by atomic mass is 16.2. The van der Waals surface area contributed by atoms with Crippen molar-refractivity contribution < 1.29 is 9.59 Å². The first-order valence-electron chi connectivity index (χ1n) is 9.64. The van der Waals surface area contributed by atoms with Crippen molar-refractivity contribution in [3.8, 4) is 0 Å². The fraction of sp³-hybridized carbons (Fsp3) is 0.450. The number of aromatic nitrogens is 3. The maximum Gasteiger partial charge on any atom is 0.227 e. The third-order valence-corrected chi connectivity index (χ3v) is 5.61. The first-order valence-corrected chi connectivity index (χ1v) is 9.64. The van der Waals surface area contributed by atoms with Crippen LogP contribution in [0.2, 0.25) is 0 Å². The van der Waals surface area contributed by atoms with Gasteiger partial charge in [-0.05, 0) is 36.6 Å². The zero-order valence-electron chi connectivity index (χ0n) is 15.7. The lowest BCUT2D eigenvalue weighted by Crippen LogP contribution is -2.42. The summed E-state index contributed by atoms with van der Waals surface area (Å²) >= 11 is 0. The van der Waals surface area contributed by atoms with Crippen LogP contribution in [-0.2, 0) is 16.1 Å². The Hall–Kier alpha value is -3.03. The lowest BCUT2D eigenvalue weighted by Gasteiger charge is -2.33. The fourth-order valence-electron chi connectivity index (χ4n) is 4.07. The number of pyridine rings is 1. The largest absolute Gasteiger partial charge is 0.368 e. The average molecular weight is 380 g/mol. The molecule has 4 heterocycles. The minimum Gasteiger partial charge on any atom is -0.368 e. The highest BCUT2D eigenvalue weighted by Crippen LogP contribution is 2.29. The summed E-state index contributed by atoms with van der Waals surface area (Å²) in [4.78, 5) is 41.2. The number of nitrogen functional groups attached to an aromatic ring is 1. The Morgan fingerprint density at radius 3 is 2.61 bits per heavy atom. The molecular weight excluding hydrogens is 356 g/mol. The first kappa shape index (κ1) is 18.3. The van der Waals surface area contributed by atoms with E-state index >= 15 is 0 Å². The number of rotatable bonds is 4. The summed E-state index contributed by atoms with van der Waals surface area (Å²) in [5, 5.41) is 0. The lowest BCUT2D eigenvalue weighted by molar-refractivity contribution is -0.136. The molecule has 0 spiro atoms. The summed E-state index contributed by atoms with van der Waals surface area (Å²) in [6.07, 6.45) is 7.11. The second kappa shape index (κ2) is 7.92. The summed E-state index contributed by atoms with van der Waals surface area (Å²) in [6.45, 7) is 2.38. The molecule has 2 aromatic heterocycles. The van der Waals surface area contributed by atoms with Crippen molar-refractivity contribution in [1.82, 2.24) is 24.8 Å². The van der Waals surface area contributed by atoms with Gasteiger partial charge in [-0.15, -0.1) is 0 Å². The molecule has 0 bridgehead atoms. The van der Waals surface area contributed by atoms with Crippen LogP contribution in [0.3, 0.4) is 0 Å². The number of carbonyl (C=O) groups is 2. The maximum absolute atomic E-state index is 12.9. The number of likely N-dealkylation sites (tertiary alicyclic amines) is 2. The molecule has 2 aliphatic rings. The number of amides is 2. The van der Waals surface area contributed by atoms with Crippen LogP contribution in [0, 0.1) is 5.92 Å². The van der Waals surface area contributed by atoms with Crippen molar-refractivity contribution in [3.05, 3.63) is 48.0 Å². The maximum atomic E-state index is 12.9. The van der Waals surface area contributed by atoms with Crippen molar-refractivity contribution in [2.75, 3.05) is 25.4 Å². The molecule has 2 N–H and O–H groups in total. The van der Waals surface area contributed by atoms with Crippen LogP contribution in [-0.4, -0.2) is 56.2 Å². The minimum absolute atomic E-state index is 0.0431. The Morgan fingerprint density at radius 1 is 1.14 bits per heavy atom. The molecule has 0 radical (unpaired) electrons. The van der Waals surface area contributed by atoms with Gasteiger partial charge in [0.2, 0.25) is 17.8 Å². The number of anilines is 1. The number of hydrogen-bond acceptors (Lipinski definition) is 6. The topological polar surface area (TPSA) is 105 Å². The summed E-state index contributed by atoms with van der Waals surface area (Å²) in [6, 6.07) is 5.69. The van der Waals surface area contributed by atoms with Crippen molar-refractivity contribution >= 4 is 17.8 Å². The predicted octanol–water partition coefficient (Wildman–Crippen LogP) is 1.21. The van der Waals surface area contributed by atoms with Gasteiger partial charge >= 0.3 is 0 Å². The third kappa shape index (κ3) is 3.95. The van der Waals surface area contributed by atoms with E-state index in [0.717, 1.165) is 24.1 Å². The Bertz CT molecular complexity index is 851. The number of carbonyl (C=O) groups excluding carboxylic acids is 2. The van der Waals surface area contributed by atoms with E-state index in [-0.39, 0.29) is 23.7 Å². The number of hydrogen-bond donors (Lipinski definition) is 1. The van der Waals surface area contributed by atoms with Gasteiger partial charge in [-0.2, -0.15) is 0 Å². The van der Waals surface area contributed by atoms with E-state index in [4.69, 9.17) is 5.73 Å². The molecule has 4 rings (SSSR count). The summed E-state index contributed by atoms with van der Waals surface area (Å²) in [5.41, 5.74) is 7.65. The highest BCUT2D eigenvalue weighted by molar-refractivity contribution is 5.89. The predicted molar refractivity (Wildman–Crippen MR) is 103 cm³/mol. The molecule has 2 fully saturated rings. The van der Waals surface area contributed by atoms with E-state index in [1.54, 1.807) is 23.5 Å². The van der Waals surface area contributed by atoms with Crippen molar-refractivity contribution in [2.24, 2.45) is 5.92 Å². The van der Waals surface area contributed by atoms with E-state index in [2.05, 4.69) is 15.0 Å². The van der Waals surface area contributed by atoms with Gasteiger partial charge in [-0.1, -0.05) is 0 Å². The number of nitrogens with two attached hydrogens (primary N) is 1. The number of piperidine rings is 1. The average Bonchev–Trinajstić information content (AvgIpc) is 3.08. The fourth-order valence-corrected chi connectivity index (χ4v) is 4.07. The summed E-state index contributed by atoms with van der Waals surface area (Å²) in [7, 11) is 0. The molecule has 2 amide bonds. The van der Waals surface area contributed by atoms with E-state index in [1.165, 1.54) is 0 Å². The van der Waals surface area contributed by atoms with Crippen molar-refractivity contribution in [2.45, 2.75) is 31.7 Å². The molecule has 0 aromatic carbocycles. The Labute approximate surface area is 163 Å². The SMILES string of the molecule is Nc1nccc(C2CCN(C(=O)C3CC(=O)N(Cc4ccncc4)C3)CC2)n1. The molecule has 2 aliphatic heterocycles. The number of nitrogens with zero attached hydrogens (tertiary/aromatic N) is 5. The standard InChI is InChI=1S/C20H24N6O2/c21-20-23-8-3-17(24-20)15-4-9-25(10-5-15)19(28)16-11-18(27)26(13-16)12-14-1-6-22-7-2-14/h1-3,6-8,15-16H,4-5,9-13H2,(H2,21,23,24). The molecule has 0 aliphatic carbocycles. The quantitative estimate of drug-likeness (QED) is 0.855. The van der Waals surface area contributed by atoms with E-state index in [9.17, 15) is 9.59 Å². The van der Waals surface area contributed by atoms with Crippen LogP contribution in [0.25, 0.3) is 0 Å². The molecule has 8 heteroatoms. The Kier molecular flexibility index (Phi) is 5.18. The lowest BCUT2D eigenvalue weighted by atomic mass is 9.92. The molecule has 1 unspecified atom stereocenters. The van der Waals surface area contributed by atoms with Crippen LogP contribution < -0.4 is 5.73 Å². The highest BCUT2D eigenvalue weighted by Gasteiger charge is 2.37. The monoisotopic (exact) mass is 380 g/mol.